The number of anilines is 3. The summed E-state index contributed by atoms with van der Waals surface area (Å²) in [6.07, 6.45) is 3.06. The number of nitrogens with zero attached hydrogens (tertiary/aromatic N) is 1. The zero-order valence-corrected chi connectivity index (χ0v) is 17.2. The maximum absolute atomic E-state index is 12.5. The van der Waals surface area contributed by atoms with Gasteiger partial charge in [-0.15, -0.1) is 0 Å². The van der Waals surface area contributed by atoms with Gasteiger partial charge in [0.15, 0.2) is 0 Å². The first-order valence-electron chi connectivity index (χ1n) is 10.5. The molecule has 0 aromatic heterocycles. The molecule has 4 rings (SSSR count). The Labute approximate surface area is 172 Å². The number of amides is 2. The molecule has 152 valence electrons. The summed E-state index contributed by atoms with van der Waals surface area (Å²) in [6.45, 7) is 6.45. The second-order valence-corrected chi connectivity index (χ2v) is 8.46. The molecular weight excluding hydrogens is 362 g/mol. The first kappa shape index (κ1) is 19.5. The lowest BCUT2D eigenvalue weighted by molar-refractivity contribution is -0.122. The van der Waals surface area contributed by atoms with Crippen LogP contribution in [0.2, 0.25) is 0 Å². The van der Waals surface area contributed by atoms with E-state index in [2.05, 4.69) is 34.6 Å². The average Bonchev–Trinajstić information content (AvgIpc) is 3.52. The number of rotatable bonds is 5. The fraction of sp³-hybridized carbons (Fsp3) is 0.417. The Balaban J connectivity index is 1.29. The van der Waals surface area contributed by atoms with E-state index >= 15 is 0 Å². The maximum Gasteiger partial charge on any atom is 0.228 e. The molecule has 29 heavy (non-hydrogen) atoms. The van der Waals surface area contributed by atoms with Gasteiger partial charge in [0.2, 0.25) is 11.8 Å². The molecule has 1 aliphatic carbocycles. The van der Waals surface area contributed by atoms with Gasteiger partial charge in [-0.25, -0.2) is 0 Å². The summed E-state index contributed by atoms with van der Waals surface area (Å²) in [5.41, 5.74) is 3.82. The van der Waals surface area contributed by atoms with E-state index in [-0.39, 0.29) is 23.7 Å². The van der Waals surface area contributed by atoms with Crippen LogP contribution in [0.1, 0.15) is 31.7 Å². The van der Waals surface area contributed by atoms with Gasteiger partial charge in [0.25, 0.3) is 0 Å². The molecule has 5 nitrogen and oxygen atoms in total. The van der Waals surface area contributed by atoms with Gasteiger partial charge in [0.05, 0.1) is 11.8 Å². The Morgan fingerprint density at radius 3 is 2.17 bits per heavy atom. The monoisotopic (exact) mass is 391 g/mol. The molecule has 2 N–H and O–H groups in total. The minimum absolute atomic E-state index is 0.0746. The van der Waals surface area contributed by atoms with Crippen molar-refractivity contribution in [2.75, 3.05) is 28.6 Å². The molecule has 0 radical (unpaired) electrons. The van der Waals surface area contributed by atoms with Gasteiger partial charge in [-0.3, -0.25) is 9.59 Å². The summed E-state index contributed by atoms with van der Waals surface area (Å²) in [4.78, 5) is 27.4. The molecule has 1 saturated carbocycles. The lowest BCUT2D eigenvalue weighted by atomic mass is 9.99. The second kappa shape index (κ2) is 8.27. The molecule has 2 aliphatic rings. The fourth-order valence-corrected chi connectivity index (χ4v) is 3.97. The molecule has 0 bridgehead atoms. The van der Waals surface area contributed by atoms with Crippen molar-refractivity contribution in [1.82, 2.24) is 0 Å². The van der Waals surface area contributed by atoms with E-state index in [1.807, 2.05) is 43.3 Å². The summed E-state index contributed by atoms with van der Waals surface area (Å²) >= 11 is 0. The Morgan fingerprint density at radius 2 is 1.52 bits per heavy atom. The van der Waals surface area contributed by atoms with Crippen LogP contribution in [0, 0.1) is 24.7 Å². The molecular formula is C24H29N3O2. The molecule has 2 aromatic rings. The summed E-state index contributed by atoms with van der Waals surface area (Å²) in [7, 11) is 0. The molecule has 2 amide bonds. The number of hydrogen-bond acceptors (Lipinski definition) is 3. The molecule has 0 spiro atoms. The standard InChI is InChI=1S/C24H29N3O2/c1-16-11-13-27(14-12-16)19-9-7-18(8-10-19)25-23(28)20-15-21(20)24(29)26-22-6-4-3-5-17(22)2/h3-10,16,20-21H,11-15H2,1-2H3,(H,25,28)(H,26,29). The molecule has 5 heteroatoms. The van der Waals surface area contributed by atoms with Crippen molar-refractivity contribution in [2.24, 2.45) is 17.8 Å². The quantitative estimate of drug-likeness (QED) is 0.792. The second-order valence-electron chi connectivity index (χ2n) is 8.46. The average molecular weight is 392 g/mol. The van der Waals surface area contributed by atoms with Gasteiger partial charge < -0.3 is 15.5 Å². The van der Waals surface area contributed by atoms with Crippen LogP contribution in [-0.2, 0) is 9.59 Å². The molecule has 2 unspecified atom stereocenters. The molecule has 1 heterocycles. The van der Waals surface area contributed by atoms with Gasteiger partial charge in [0, 0.05) is 30.2 Å². The number of aryl methyl sites for hydroxylation is 1. The van der Waals surface area contributed by atoms with Crippen LogP contribution in [0.5, 0.6) is 0 Å². The van der Waals surface area contributed by atoms with Crippen molar-refractivity contribution in [3.05, 3.63) is 54.1 Å². The summed E-state index contributed by atoms with van der Waals surface area (Å²) < 4.78 is 0. The third-order valence-electron chi connectivity index (χ3n) is 6.15. The van der Waals surface area contributed by atoms with Gasteiger partial charge in [-0.2, -0.15) is 0 Å². The maximum atomic E-state index is 12.5. The van der Waals surface area contributed by atoms with Crippen molar-refractivity contribution in [1.29, 1.82) is 0 Å². The molecule has 2 atom stereocenters. The Kier molecular flexibility index (Phi) is 5.56. The number of para-hydroxylation sites is 1. The highest BCUT2D eigenvalue weighted by Gasteiger charge is 2.48. The van der Waals surface area contributed by atoms with E-state index < -0.39 is 0 Å². The highest BCUT2D eigenvalue weighted by Crippen LogP contribution is 2.40. The molecule has 2 fully saturated rings. The van der Waals surface area contributed by atoms with Crippen LogP contribution in [0.3, 0.4) is 0 Å². The highest BCUT2D eigenvalue weighted by atomic mass is 16.2. The van der Waals surface area contributed by atoms with Crippen LogP contribution < -0.4 is 15.5 Å². The van der Waals surface area contributed by atoms with Crippen molar-refractivity contribution < 1.29 is 9.59 Å². The van der Waals surface area contributed by atoms with Crippen molar-refractivity contribution >= 4 is 28.9 Å². The number of carbonyl (C=O) groups excluding carboxylic acids is 2. The zero-order chi connectivity index (χ0) is 20.4. The van der Waals surface area contributed by atoms with Crippen molar-refractivity contribution in [3.8, 4) is 0 Å². The van der Waals surface area contributed by atoms with Crippen LogP contribution in [0.4, 0.5) is 17.1 Å². The molecule has 2 aromatic carbocycles. The third-order valence-corrected chi connectivity index (χ3v) is 6.15. The smallest absolute Gasteiger partial charge is 0.228 e. The number of nitrogens with one attached hydrogen (secondary N) is 2. The first-order chi connectivity index (χ1) is 14.0. The summed E-state index contributed by atoms with van der Waals surface area (Å²) in [5.74, 6) is 0.161. The first-order valence-corrected chi connectivity index (χ1v) is 10.5. The van der Waals surface area contributed by atoms with E-state index in [1.165, 1.54) is 18.5 Å². The minimum Gasteiger partial charge on any atom is -0.372 e. The van der Waals surface area contributed by atoms with E-state index in [9.17, 15) is 9.59 Å². The fourth-order valence-electron chi connectivity index (χ4n) is 3.97. The van der Waals surface area contributed by atoms with E-state index in [0.717, 1.165) is 35.9 Å². The Bertz CT molecular complexity index is 885. The van der Waals surface area contributed by atoms with E-state index in [4.69, 9.17) is 0 Å². The van der Waals surface area contributed by atoms with Crippen molar-refractivity contribution in [2.45, 2.75) is 33.1 Å². The van der Waals surface area contributed by atoms with Crippen LogP contribution in [0.25, 0.3) is 0 Å². The van der Waals surface area contributed by atoms with Crippen LogP contribution in [-0.4, -0.2) is 24.9 Å². The lowest BCUT2D eigenvalue weighted by Crippen LogP contribution is -2.32. The molecule has 1 aliphatic heterocycles. The van der Waals surface area contributed by atoms with Gasteiger partial charge in [0.1, 0.15) is 0 Å². The number of carbonyl (C=O) groups is 2. The van der Waals surface area contributed by atoms with Gasteiger partial charge in [-0.1, -0.05) is 25.1 Å². The predicted molar refractivity (Wildman–Crippen MR) is 117 cm³/mol. The normalized spacial score (nSPS) is 21.5. The van der Waals surface area contributed by atoms with E-state index in [0.29, 0.717) is 6.42 Å². The van der Waals surface area contributed by atoms with Crippen LogP contribution >= 0.6 is 0 Å². The summed E-state index contributed by atoms with van der Waals surface area (Å²) in [5, 5.41) is 5.91. The zero-order valence-electron chi connectivity index (χ0n) is 17.2. The lowest BCUT2D eigenvalue weighted by Gasteiger charge is -2.32. The van der Waals surface area contributed by atoms with Crippen LogP contribution in [0.15, 0.2) is 48.5 Å². The van der Waals surface area contributed by atoms with Crippen molar-refractivity contribution in [3.63, 3.8) is 0 Å². The van der Waals surface area contributed by atoms with E-state index in [1.54, 1.807) is 0 Å². The molecule has 1 saturated heterocycles. The largest absolute Gasteiger partial charge is 0.372 e. The minimum atomic E-state index is -0.248. The Morgan fingerprint density at radius 1 is 0.897 bits per heavy atom. The highest BCUT2D eigenvalue weighted by molar-refractivity contribution is 6.03. The Hall–Kier alpha value is -2.82. The SMILES string of the molecule is Cc1ccccc1NC(=O)C1CC1C(=O)Nc1ccc(N2CCC(C)CC2)cc1. The third kappa shape index (κ3) is 4.61. The predicted octanol–water partition coefficient (Wildman–Crippen LogP) is 4.44. The topological polar surface area (TPSA) is 61.4 Å². The number of hydrogen-bond donors (Lipinski definition) is 2. The number of benzene rings is 2. The van der Waals surface area contributed by atoms with Gasteiger partial charge in [-0.05, 0) is 68.0 Å². The van der Waals surface area contributed by atoms with Gasteiger partial charge >= 0.3 is 0 Å². The number of piperidine rings is 1. The summed E-state index contributed by atoms with van der Waals surface area (Å²) in [6, 6.07) is 15.7.